The van der Waals surface area contributed by atoms with Crippen LogP contribution in [-0.4, -0.2) is 36.1 Å². The van der Waals surface area contributed by atoms with Gasteiger partial charge in [0.1, 0.15) is 0 Å². The van der Waals surface area contributed by atoms with Crippen molar-refractivity contribution in [3.8, 4) is 0 Å². The van der Waals surface area contributed by atoms with E-state index in [1.165, 1.54) is 30.4 Å². The van der Waals surface area contributed by atoms with Crippen LogP contribution < -0.4 is 5.56 Å². The average Bonchev–Trinajstić information content (AvgIpc) is 3.33. The Hall–Kier alpha value is -3.32. The summed E-state index contributed by atoms with van der Waals surface area (Å²) >= 11 is 0. The molecular formula is C29H36N6O. The van der Waals surface area contributed by atoms with Gasteiger partial charge in [0.2, 0.25) is 0 Å². The van der Waals surface area contributed by atoms with Crippen LogP contribution in [0.2, 0.25) is 0 Å². The molecule has 2 aromatic carbocycles. The lowest BCUT2D eigenvalue weighted by atomic mass is 9.92. The molecule has 1 saturated carbocycles. The highest BCUT2D eigenvalue weighted by atomic mass is 16.1. The second-order valence-electron chi connectivity index (χ2n) is 10.2. The van der Waals surface area contributed by atoms with Gasteiger partial charge in [-0.15, -0.1) is 5.10 Å². The number of aryl methyl sites for hydroxylation is 2. The fourth-order valence-electron chi connectivity index (χ4n) is 5.82. The average molecular weight is 485 g/mol. The molecule has 7 heteroatoms. The molecule has 4 aromatic rings. The number of nitrogens with zero attached hydrogens (tertiary/aromatic N) is 5. The van der Waals surface area contributed by atoms with Gasteiger partial charge >= 0.3 is 0 Å². The molecular weight excluding hydrogens is 448 g/mol. The highest BCUT2D eigenvalue weighted by Crippen LogP contribution is 2.33. The molecule has 1 atom stereocenters. The van der Waals surface area contributed by atoms with Crippen molar-refractivity contribution in [1.82, 2.24) is 30.1 Å². The number of benzene rings is 2. The third-order valence-corrected chi connectivity index (χ3v) is 7.61. The van der Waals surface area contributed by atoms with Gasteiger partial charge in [0.05, 0.1) is 12.6 Å². The number of nitrogens with one attached hydrogen (secondary N) is 1. The standard InChI is InChI=1S/C29H36N6O/c1-4-27(28-31-32-33-35(28)18-22-11-7-5-8-12-22)34(24-13-9-6-10-14-24)19-23-17-25-21(3)15-20(2)16-26(25)30-29(23)36/h5,7-8,11-12,15-17,24,27H,4,6,9-10,13-14,18-19H2,1-3H3,(H,30,36)/t27-/m0/s1. The Bertz CT molecular complexity index is 1370. The van der Waals surface area contributed by atoms with Crippen molar-refractivity contribution < 1.29 is 0 Å². The molecule has 2 aromatic heterocycles. The minimum absolute atomic E-state index is 0.00737. The summed E-state index contributed by atoms with van der Waals surface area (Å²) in [6, 6.07) is 17.1. The normalized spacial score (nSPS) is 15.6. The molecule has 1 fully saturated rings. The maximum absolute atomic E-state index is 13.3. The van der Waals surface area contributed by atoms with Gasteiger partial charge in [-0.2, -0.15) is 0 Å². The molecule has 5 rings (SSSR count). The first-order chi connectivity index (χ1) is 17.5. The number of rotatable bonds is 8. The summed E-state index contributed by atoms with van der Waals surface area (Å²) in [5.74, 6) is 0.871. The van der Waals surface area contributed by atoms with E-state index in [-0.39, 0.29) is 11.6 Å². The lowest BCUT2D eigenvalue weighted by Crippen LogP contribution is -2.41. The van der Waals surface area contributed by atoms with Gasteiger partial charge in [-0.25, -0.2) is 4.68 Å². The smallest absolute Gasteiger partial charge is 0.252 e. The minimum atomic E-state index is -0.00737. The molecule has 36 heavy (non-hydrogen) atoms. The molecule has 188 valence electrons. The molecule has 7 nitrogen and oxygen atoms in total. The van der Waals surface area contributed by atoms with E-state index in [1.54, 1.807) is 0 Å². The Balaban J connectivity index is 1.52. The lowest BCUT2D eigenvalue weighted by molar-refractivity contribution is 0.0844. The number of aromatic amines is 1. The highest BCUT2D eigenvalue weighted by molar-refractivity contribution is 5.83. The monoisotopic (exact) mass is 484 g/mol. The number of fused-ring (bicyclic) bond motifs is 1. The van der Waals surface area contributed by atoms with Crippen LogP contribution in [0, 0.1) is 13.8 Å². The molecule has 0 spiro atoms. The predicted molar refractivity (Wildman–Crippen MR) is 143 cm³/mol. The van der Waals surface area contributed by atoms with Crippen LogP contribution in [0.5, 0.6) is 0 Å². The second kappa shape index (κ2) is 10.7. The topological polar surface area (TPSA) is 79.7 Å². The largest absolute Gasteiger partial charge is 0.322 e. The zero-order valence-electron chi connectivity index (χ0n) is 21.6. The van der Waals surface area contributed by atoms with Gasteiger partial charge in [0.15, 0.2) is 5.82 Å². The number of H-pyrrole nitrogens is 1. The van der Waals surface area contributed by atoms with E-state index in [4.69, 9.17) is 0 Å². The second-order valence-corrected chi connectivity index (χ2v) is 10.2. The van der Waals surface area contributed by atoms with Crippen molar-refractivity contribution in [2.45, 2.75) is 84.5 Å². The molecule has 1 aliphatic rings. The molecule has 1 aliphatic carbocycles. The summed E-state index contributed by atoms with van der Waals surface area (Å²) in [7, 11) is 0. The highest BCUT2D eigenvalue weighted by Gasteiger charge is 2.32. The predicted octanol–water partition coefficient (Wildman–Crippen LogP) is 5.47. The van der Waals surface area contributed by atoms with E-state index in [0.717, 1.165) is 47.1 Å². The third kappa shape index (κ3) is 5.12. The third-order valence-electron chi connectivity index (χ3n) is 7.61. The van der Waals surface area contributed by atoms with Crippen molar-refractivity contribution in [3.63, 3.8) is 0 Å². The summed E-state index contributed by atoms with van der Waals surface area (Å²) in [4.78, 5) is 18.9. The number of pyridine rings is 1. The number of aromatic nitrogens is 5. The van der Waals surface area contributed by atoms with E-state index in [1.807, 2.05) is 22.9 Å². The van der Waals surface area contributed by atoms with Crippen LogP contribution in [-0.2, 0) is 13.1 Å². The van der Waals surface area contributed by atoms with Crippen LogP contribution in [0.4, 0.5) is 0 Å². The molecule has 0 aliphatic heterocycles. The maximum Gasteiger partial charge on any atom is 0.252 e. The van der Waals surface area contributed by atoms with Crippen LogP contribution in [0.15, 0.2) is 53.3 Å². The fraction of sp³-hybridized carbons (Fsp3) is 0.448. The Morgan fingerprint density at radius 1 is 1.08 bits per heavy atom. The quantitative estimate of drug-likeness (QED) is 0.359. The first-order valence-electron chi connectivity index (χ1n) is 13.2. The first kappa shape index (κ1) is 24.4. The number of hydrogen-bond acceptors (Lipinski definition) is 5. The van der Waals surface area contributed by atoms with Crippen LogP contribution >= 0.6 is 0 Å². The molecule has 0 radical (unpaired) electrons. The van der Waals surface area contributed by atoms with Gasteiger partial charge in [-0.1, -0.05) is 62.6 Å². The van der Waals surface area contributed by atoms with Crippen LogP contribution in [0.3, 0.4) is 0 Å². The Morgan fingerprint density at radius 2 is 1.86 bits per heavy atom. The summed E-state index contributed by atoms with van der Waals surface area (Å²) in [5.41, 5.74) is 5.22. The molecule has 0 saturated heterocycles. The summed E-state index contributed by atoms with van der Waals surface area (Å²) < 4.78 is 1.93. The van der Waals surface area contributed by atoms with Gasteiger partial charge in [0, 0.05) is 29.1 Å². The van der Waals surface area contributed by atoms with E-state index in [2.05, 4.69) is 76.5 Å². The zero-order valence-corrected chi connectivity index (χ0v) is 21.6. The minimum Gasteiger partial charge on any atom is -0.322 e. The van der Waals surface area contributed by atoms with Crippen molar-refractivity contribution in [1.29, 1.82) is 0 Å². The molecule has 1 N–H and O–H groups in total. The molecule has 2 heterocycles. The van der Waals surface area contributed by atoms with Crippen molar-refractivity contribution in [3.05, 3.63) is 87.0 Å². The first-order valence-corrected chi connectivity index (χ1v) is 13.2. The van der Waals surface area contributed by atoms with Gasteiger partial charge in [0.25, 0.3) is 5.56 Å². The maximum atomic E-state index is 13.3. The zero-order chi connectivity index (χ0) is 25.1. The molecule has 0 amide bonds. The number of hydrogen-bond donors (Lipinski definition) is 1. The number of tetrazole rings is 1. The Kier molecular flexibility index (Phi) is 7.28. The summed E-state index contributed by atoms with van der Waals surface area (Å²) in [6.07, 6.45) is 6.87. The summed E-state index contributed by atoms with van der Waals surface area (Å²) in [6.45, 7) is 7.59. The lowest BCUT2D eigenvalue weighted by Gasteiger charge is -2.39. The summed E-state index contributed by atoms with van der Waals surface area (Å²) in [5, 5.41) is 14.0. The molecule has 0 bridgehead atoms. The SMILES string of the molecule is CC[C@@H](c1nnnn1Cc1ccccc1)N(Cc1cc2c(C)cc(C)cc2[nH]c1=O)C1CCCCC1. The van der Waals surface area contributed by atoms with Gasteiger partial charge in [-0.3, -0.25) is 9.69 Å². The van der Waals surface area contributed by atoms with Gasteiger partial charge in [-0.05, 0) is 72.4 Å². The Morgan fingerprint density at radius 3 is 2.61 bits per heavy atom. The Labute approximate surface area is 212 Å². The van der Waals surface area contributed by atoms with E-state index < -0.39 is 0 Å². The van der Waals surface area contributed by atoms with Crippen molar-refractivity contribution in [2.24, 2.45) is 0 Å². The van der Waals surface area contributed by atoms with Crippen molar-refractivity contribution in [2.75, 3.05) is 0 Å². The van der Waals surface area contributed by atoms with Gasteiger partial charge < -0.3 is 4.98 Å². The fourth-order valence-corrected chi connectivity index (χ4v) is 5.82. The van der Waals surface area contributed by atoms with E-state index in [0.29, 0.717) is 19.1 Å². The van der Waals surface area contributed by atoms with E-state index >= 15 is 0 Å². The van der Waals surface area contributed by atoms with E-state index in [9.17, 15) is 4.79 Å². The van der Waals surface area contributed by atoms with Crippen LogP contribution in [0.1, 0.15) is 79.6 Å². The van der Waals surface area contributed by atoms with Crippen LogP contribution in [0.25, 0.3) is 10.9 Å². The molecule has 0 unspecified atom stereocenters. The van der Waals surface area contributed by atoms with Crippen molar-refractivity contribution >= 4 is 10.9 Å².